The highest BCUT2D eigenvalue weighted by Crippen LogP contribution is 2.20. The van der Waals surface area contributed by atoms with Crippen LogP contribution >= 0.6 is 11.6 Å². The van der Waals surface area contributed by atoms with Gasteiger partial charge in [-0.25, -0.2) is 0 Å². The highest BCUT2D eigenvalue weighted by molar-refractivity contribution is 7.90. The average molecular weight is 377 g/mol. The Morgan fingerprint density at radius 2 is 1.72 bits per heavy atom. The van der Waals surface area contributed by atoms with Crippen LogP contribution in [0.25, 0.3) is 0 Å². The maximum atomic E-state index is 12.6. The van der Waals surface area contributed by atoms with E-state index in [1.165, 1.54) is 17.7 Å². The molecule has 2 aromatic rings. The molecule has 0 aliphatic carbocycles. The zero-order chi connectivity index (χ0) is 17.7. The Labute approximate surface area is 154 Å². The van der Waals surface area contributed by atoms with Gasteiger partial charge >= 0.3 is 0 Å². The van der Waals surface area contributed by atoms with E-state index in [1.54, 1.807) is 12.1 Å². The third kappa shape index (κ3) is 4.83. The highest BCUT2D eigenvalue weighted by Gasteiger charge is 2.21. The van der Waals surface area contributed by atoms with Crippen molar-refractivity contribution in [3.63, 3.8) is 0 Å². The average Bonchev–Trinajstić information content (AvgIpc) is 2.62. The SMILES string of the molecule is O=S(=O)(/N=C1/CCCCN1CCc1ccccc1)c1ccc(Cl)cc1. The fourth-order valence-electron chi connectivity index (χ4n) is 2.92. The predicted octanol–water partition coefficient (Wildman–Crippen LogP) is 4.16. The Morgan fingerprint density at radius 1 is 1.00 bits per heavy atom. The number of benzene rings is 2. The van der Waals surface area contributed by atoms with Crippen molar-refractivity contribution >= 4 is 27.5 Å². The fourth-order valence-corrected chi connectivity index (χ4v) is 4.12. The van der Waals surface area contributed by atoms with E-state index in [0.29, 0.717) is 17.3 Å². The Balaban J connectivity index is 1.77. The third-order valence-corrected chi connectivity index (χ3v) is 5.86. The number of amidine groups is 1. The van der Waals surface area contributed by atoms with Gasteiger partial charge in [0.1, 0.15) is 5.84 Å². The Bertz CT molecular complexity index is 833. The number of hydrogen-bond acceptors (Lipinski definition) is 2. The number of sulfonamides is 1. The van der Waals surface area contributed by atoms with Crippen molar-refractivity contribution in [2.24, 2.45) is 4.40 Å². The second-order valence-electron chi connectivity index (χ2n) is 6.12. The molecule has 0 N–H and O–H groups in total. The molecule has 0 atom stereocenters. The minimum atomic E-state index is -3.70. The van der Waals surface area contributed by atoms with Gasteiger partial charge in [0.25, 0.3) is 10.0 Å². The molecule has 1 heterocycles. The van der Waals surface area contributed by atoms with Gasteiger partial charge in [-0.05, 0) is 49.1 Å². The van der Waals surface area contributed by atoms with E-state index in [4.69, 9.17) is 11.6 Å². The molecular formula is C19H21ClN2O2S. The van der Waals surface area contributed by atoms with Crippen LogP contribution in [0.4, 0.5) is 0 Å². The summed E-state index contributed by atoms with van der Waals surface area (Å²) in [5.41, 5.74) is 1.24. The van der Waals surface area contributed by atoms with Crippen molar-refractivity contribution in [2.75, 3.05) is 13.1 Å². The minimum absolute atomic E-state index is 0.179. The lowest BCUT2D eigenvalue weighted by Gasteiger charge is -2.30. The first-order chi connectivity index (χ1) is 12.0. The smallest absolute Gasteiger partial charge is 0.283 e. The van der Waals surface area contributed by atoms with E-state index in [0.717, 1.165) is 32.4 Å². The summed E-state index contributed by atoms with van der Waals surface area (Å²) in [7, 11) is -3.70. The van der Waals surface area contributed by atoms with Gasteiger partial charge < -0.3 is 4.90 Å². The first kappa shape index (κ1) is 18.0. The molecule has 6 heteroatoms. The summed E-state index contributed by atoms with van der Waals surface area (Å²) in [5, 5.41) is 0.508. The number of halogens is 1. The zero-order valence-corrected chi connectivity index (χ0v) is 15.5. The van der Waals surface area contributed by atoms with Gasteiger partial charge in [-0.15, -0.1) is 4.40 Å². The topological polar surface area (TPSA) is 49.7 Å². The van der Waals surface area contributed by atoms with Crippen LogP contribution in [-0.2, 0) is 16.4 Å². The molecule has 4 nitrogen and oxygen atoms in total. The number of nitrogens with zero attached hydrogens (tertiary/aromatic N) is 2. The molecule has 1 fully saturated rings. The normalized spacial score (nSPS) is 17.0. The van der Waals surface area contributed by atoms with Gasteiger partial charge in [-0.2, -0.15) is 8.42 Å². The second-order valence-corrected chi connectivity index (χ2v) is 8.16. The molecule has 1 aliphatic rings. The van der Waals surface area contributed by atoms with Crippen LogP contribution in [0.2, 0.25) is 5.02 Å². The van der Waals surface area contributed by atoms with Crippen molar-refractivity contribution < 1.29 is 8.42 Å². The Hall–Kier alpha value is -1.85. The quantitative estimate of drug-likeness (QED) is 0.787. The molecule has 0 unspecified atom stereocenters. The molecule has 0 bridgehead atoms. The third-order valence-electron chi connectivity index (χ3n) is 4.29. The molecule has 0 saturated carbocycles. The van der Waals surface area contributed by atoms with Crippen molar-refractivity contribution in [1.29, 1.82) is 0 Å². The van der Waals surface area contributed by atoms with E-state index in [1.807, 2.05) is 18.2 Å². The molecule has 1 aliphatic heterocycles. The van der Waals surface area contributed by atoms with Crippen LogP contribution in [0.3, 0.4) is 0 Å². The Morgan fingerprint density at radius 3 is 2.44 bits per heavy atom. The van der Waals surface area contributed by atoms with Crippen LogP contribution in [0.15, 0.2) is 63.9 Å². The molecule has 132 valence electrons. The highest BCUT2D eigenvalue weighted by atomic mass is 35.5. The molecular weight excluding hydrogens is 356 g/mol. The summed E-state index contributed by atoms with van der Waals surface area (Å²) < 4.78 is 29.3. The molecule has 0 aromatic heterocycles. The van der Waals surface area contributed by atoms with E-state index in [2.05, 4.69) is 21.4 Å². The van der Waals surface area contributed by atoms with E-state index >= 15 is 0 Å². The Kier molecular flexibility index (Phi) is 5.76. The number of rotatable bonds is 5. The molecule has 0 radical (unpaired) electrons. The van der Waals surface area contributed by atoms with Crippen molar-refractivity contribution in [3.8, 4) is 0 Å². The van der Waals surface area contributed by atoms with Gasteiger partial charge in [0.15, 0.2) is 0 Å². The largest absolute Gasteiger partial charge is 0.359 e. The standard InChI is InChI=1S/C19H21ClN2O2S/c20-17-9-11-18(12-10-17)25(23,24)21-19-8-4-5-14-22(19)15-13-16-6-2-1-3-7-16/h1-3,6-7,9-12H,4-5,8,13-15H2/b21-19-. The number of hydrogen-bond donors (Lipinski definition) is 0. The van der Waals surface area contributed by atoms with Crippen LogP contribution in [0.1, 0.15) is 24.8 Å². The predicted molar refractivity (Wildman–Crippen MR) is 102 cm³/mol. The molecule has 25 heavy (non-hydrogen) atoms. The monoisotopic (exact) mass is 376 g/mol. The molecule has 0 spiro atoms. The van der Waals surface area contributed by atoms with Crippen LogP contribution < -0.4 is 0 Å². The summed E-state index contributed by atoms with van der Waals surface area (Å²) >= 11 is 5.84. The fraction of sp³-hybridized carbons (Fsp3) is 0.316. The first-order valence-electron chi connectivity index (χ1n) is 8.43. The number of likely N-dealkylation sites (tertiary alicyclic amines) is 1. The summed E-state index contributed by atoms with van der Waals surface area (Å²) in [6, 6.07) is 16.4. The van der Waals surface area contributed by atoms with Crippen LogP contribution in [0.5, 0.6) is 0 Å². The van der Waals surface area contributed by atoms with Crippen LogP contribution in [0, 0.1) is 0 Å². The summed E-state index contributed by atoms with van der Waals surface area (Å²) in [6.07, 6.45) is 3.61. The van der Waals surface area contributed by atoms with E-state index in [9.17, 15) is 8.42 Å². The van der Waals surface area contributed by atoms with Gasteiger partial charge in [0, 0.05) is 24.5 Å². The molecule has 3 rings (SSSR count). The summed E-state index contributed by atoms with van der Waals surface area (Å²) in [5.74, 6) is 0.664. The van der Waals surface area contributed by atoms with E-state index < -0.39 is 10.0 Å². The van der Waals surface area contributed by atoms with Crippen molar-refractivity contribution in [2.45, 2.75) is 30.6 Å². The van der Waals surface area contributed by atoms with Crippen molar-refractivity contribution in [1.82, 2.24) is 4.90 Å². The van der Waals surface area contributed by atoms with E-state index in [-0.39, 0.29) is 4.90 Å². The minimum Gasteiger partial charge on any atom is -0.359 e. The zero-order valence-electron chi connectivity index (χ0n) is 13.9. The van der Waals surface area contributed by atoms with Gasteiger partial charge in [-0.3, -0.25) is 0 Å². The lowest BCUT2D eigenvalue weighted by atomic mass is 10.1. The first-order valence-corrected chi connectivity index (χ1v) is 10.2. The van der Waals surface area contributed by atoms with Gasteiger partial charge in [-0.1, -0.05) is 41.9 Å². The maximum Gasteiger partial charge on any atom is 0.283 e. The summed E-state index contributed by atoms with van der Waals surface area (Å²) in [4.78, 5) is 2.28. The molecule has 2 aromatic carbocycles. The van der Waals surface area contributed by atoms with Crippen LogP contribution in [-0.4, -0.2) is 32.2 Å². The summed E-state index contributed by atoms with van der Waals surface area (Å²) in [6.45, 7) is 1.63. The molecule has 1 saturated heterocycles. The number of piperidine rings is 1. The lowest BCUT2D eigenvalue weighted by molar-refractivity contribution is 0.374. The molecule has 0 amide bonds. The van der Waals surface area contributed by atoms with Gasteiger partial charge in [0.2, 0.25) is 0 Å². The van der Waals surface area contributed by atoms with Gasteiger partial charge in [0.05, 0.1) is 4.90 Å². The lowest BCUT2D eigenvalue weighted by Crippen LogP contribution is -2.37. The van der Waals surface area contributed by atoms with Crippen molar-refractivity contribution in [3.05, 3.63) is 65.2 Å². The second kappa shape index (κ2) is 8.02. The maximum absolute atomic E-state index is 12.6.